The molecule has 114 valence electrons. The number of carbonyl (C=O) groups excluding carboxylic acids is 1. The number of aryl methyl sites for hydroxylation is 1. The summed E-state index contributed by atoms with van der Waals surface area (Å²) in [5.41, 5.74) is 1.18. The number of rotatable bonds is 7. The van der Waals surface area contributed by atoms with E-state index in [2.05, 4.69) is 0 Å². The Morgan fingerprint density at radius 2 is 2.19 bits per heavy atom. The van der Waals surface area contributed by atoms with Crippen LogP contribution in [0.15, 0.2) is 23.6 Å². The lowest BCUT2D eigenvalue weighted by Crippen LogP contribution is -2.32. The van der Waals surface area contributed by atoms with E-state index in [4.69, 9.17) is 4.74 Å². The highest BCUT2D eigenvalue weighted by molar-refractivity contribution is 7.14. The van der Waals surface area contributed by atoms with E-state index in [1.165, 1.54) is 16.9 Å². The second-order valence-electron chi connectivity index (χ2n) is 4.68. The van der Waals surface area contributed by atoms with Crippen LogP contribution in [-0.4, -0.2) is 36.2 Å². The predicted molar refractivity (Wildman–Crippen MR) is 85.9 cm³/mol. The smallest absolute Gasteiger partial charge is 0.264 e. The molecule has 0 saturated carbocycles. The standard InChI is InChI=1S/C15H19NO3S2/c1-11-5-8-20-14(11)9-16(6-7-17)15(18)13-4-3-12(21-13)10-19-2/h3-5,8,17H,6-7,9-10H2,1-2H3. The number of hydrogen-bond acceptors (Lipinski definition) is 5. The summed E-state index contributed by atoms with van der Waals surface area (Å²) in [5, 5.41) is 11.2. The van der Waals surface area contributed by atoms with Crippen LogP contribution in [0, 0.1) is 6.92 Å². The summed E-state index contributed by atoms with van der Waals surface area (Å²) in [6, 6.07) is 5.78. The Hall–Kier alpha value is -1.21. The summed E-state index contributed by atoms with van der Waals surface area (Å²) >= 11 is 3.08. The highest BCUT2D eigenvalue weighted by Gasteiger charge is 2.19. The quantitative estimate of drug-likeness (QED) is 0.851. The summed E-state index contributed by atoms with van der Waals surface area (Å²) in [4.78, 5) is 17.1. The highest BCUT2D eigenvalue weighted by atomic mass is 32.1. The van der Waals surface area contributed by atoms with Crippen molar-refractivity contribution in [2.24, 2.45) is 0 Å². The van der Waals surface area contributed by atoms with Crippen molar-refractivity contribution in [1.82, 2.24) is 4.90 Å². The van der Waals surface area contributed by atoms with Crippen molar-refractivity contribution < 1.29 is 14.6 Å². The van der Waals surface area contributed by atoms with Gasteiger partial charge in [-0.05, 0) is 36.1 Å². The molecular weight excluding hydrogens is 306 g/mol. The molecule has 0 radical (unpaired) electrons. The van der Waals surface area contributed by atoms with Crippen LogP contribution in [0.1, 0.15) is 25.0 Å². The lowest BCUT2D eigenvalue weighted by atomic mass is 10.2. The molecule has 0 saturated heterocycles. The maximum atomic E-state index is 12.6. The number of amides is 1. The minimum absolute atomic E-state index is 0.0353. The van der Waals surface area contributed by atoms with Crippen molar-refractivity contribution in [1.29, 1.82) is 0 Å². The molecule has 0 atom stereocenters. The fourth-order valence-corrected chi connectivity index (χ4v) is 3.85. The average Bonchev–Trinajstić information content (AvgIpc) is 3.08. The van der Waals surface area contributed by atoms with Crippen molar-refractivity contribution in [2.75, 3.05) is 20.3 Å². The summed E-state index contributed by atoms with van der Waals surface area (Å²) in [6.07, 6.45) is 0. The lowest BCUT2D eigenvalue weighted by molar-refractivity contribution is 0.0714. The Morgan fingerprint density at radius 3 is 2.81 bits per heavy atom. The number of hydrogen-bond donors (Lipinski definition) is 1. The monoisotopic (exact) mass is 325 g/mol. The van der Waals surface area contributed by atoms with Gasteiger partial charge in [0, 0.05) is 23.4 Å². The molecule has 2 aromatic rings. The molecule has 1 N–H and O–H groups in total. The molecule has 2 aromatic heterocycles. The van der Waals surface area contributed by atoms with E-state index in [1.807, 2.05) is 30.5 Å². The van der Waals surface area contributed by atoms with E-state index in [0.29, 0.717) is 24.6 Å². The molecule has 0 spiro atoms. The van der Waals surface area contributed by atoms with Gasteiger partial charge in [-0.2, -0.15) is 0 Å². The number of methoxy groups -OCH3 is 1. The lowest BCUT2D eigenvalue weighted by Gasteiger charge is -2.20. The van der Waals surface area contributed by atoms with Gasteiger partial charge in [-0.25, -0.2) is 0 Å². The van der Waals surface area contributed by atoms with Gasteiger partial charge in [-0.3, -0.25) is 4.79 Å². The zero-order valence-electron chi connectivity index (χ0n) is 12.2. The first-order valence-electron chi connectivity index (χ1n) is 6.66. The number of aliphatic hydroxyl groups excluding tert-OH is 1. The summed E-state index contributed by atoms with van der Waals surface area (Å²) in [6.45, 7) is 3.40. The predicted octanol–water partition coefficient (Wildman–Crippen LogP) is 2.90. The van der Waals surface area contributed by atoms with E-state index in [0.717, 1.165) is 9.75 Å². The number of ether oxygens (including phenoxy) is 1. The van der Waals surface area contributed by atoms with Crippen LogP contribution in [0.2, 0.25) is 0 Å². The Bertz CT molecular complexity index is 591. The second-order valence-corrected chi connectivity index (χ2v) is 6.85. The van der Waals surface area contributed by atoms with Gasteiger partial charge in [0.15, 0.2) is 0 Å². The molecule has 0 aromatic carbocycles. The highest BCUT2D eigenvalue weighted by Crippen LogP contribution is 2.22. The van der Waals surface area contributed by atoms with Crippen LogP contribution in [0.3, 0.4) is 0 Å². The molecule has 1 amide bonds. The zero-order valence-corrected chi connectivity index (χ0v) is 13.8. The third-order valence-corrected chi connectivity index (χ3v) is 5.17. The molecule has 0 bridgehead atoms. The normalized spacial score (nSPS) is 10.8. The summed E-state index contributed by atoms with van der Waals surface area (Å²) in [5.74, 6) is -0.0378. The third kappa shape index (κ3) is 4.14. The van der Waals surface area contributed by atoms with Crippen molar-refractivity contribution >= 4 is 28.6 Å². The minimum Gasteiger partial charge on any atom is -0.395 e. The van der Waals surface area contributed by atoms with E-state index < -0.39 is 0 Å². The van der Waals surface area contributed by atoms with Gasteiger partial charge in [0.25, 0.3) is 5.91 Å². The number of aliphatic hydroxyl groups is 1. The molecule has 0 fully saturated rings. The topological polar surface area (TPSA) is 49.8 Å². The van der Waals surface area contributed by atoms with Gasteiger partial charge >= 0.3 is 0 Å². The fourth-order valence-electron chi connectivity index (χ4n) is 1.98. The van der Waals surface area contributed by atoms with Gasteiger partial charge in [0.2, 0.25) is 0 Å². The van der Waals surface area contributed by atoms with Crippen molar-refractivity contribution in [2.45, 2.75) is 20.1 Å². The molecule has 2 rings (SSSR count). The molecular formula is C15H19NO3S2. The van der Waals surface area contributed by atoms with E-state index >= 15 is 0 Å². The Morgan fingerprint density at radius 1 is 1.38 bits per heavy atom. The van der Waals surface area contributed by atoms with Crippen molar-refractivity contribution in [3.8, 4) is 0 Å². The SMILES string of the molecule is COCc1ccc(C(=O)N(CCO)Cc2sccc2C)s1. The minimum atomic E-state index is -0.0378. The van der Waals surface area contributed by atoms with E-state index in [-0.39, 0.29) is 12.5 Å². The largest absolute Gasteiger partial charge is 0.395 e. The van der Waals surface area contributed by atoms with Crippen LogP contribution in [0.4, 0.5) is 0 Å². The van der Waals surface area contributed by atoms with Crippen molar-refractivity contribution in [3.63, 3.8) is 0 Å². The van der Waals surface area contributed by atoms with Crippen LogP contribution >= 0.6 is 22.7 Å². The van der Waals surface area contributed by atoms with Gasteiger partial charge < -0.3 is 14.7 Å². The van der Waals surface area contributed by atoms with Gasteiger partial charge in [-0.1, -0.05) is 0 Å². The Labute approximate surface area is 132 Å². The maximum absolute atomic E-state index is 12.6. The van der Waals surface area contributed by atoms with Crippen molar-refractivity contribution in [3.05, 3.63) is 43.8 Å². The maximum Gasteiger partial charge on any atom is 0.264 e. The molecule has 0 unspecified atom stereocenters. The fraction of sp³-hybridized carbons (Fsp3) is 0.400. The van der Waals surface area contributed by atoms with Crippen LogP contribution < -0.4 is 0 Å². The summed E-state index contributed by atoms with van der Waals surface area (Å²) < 4.78 is 5.08. The number of carbonyl (C=O) groups is 1. The molecule has 0 aliphatic carbocycles. The molecule has 0 aliphatic heterocycles. The first-order chi connectivity index (χ1) is 10.2. The second kappa shape index (κ2) is 7.70. The molecule has 4 nitrogen and oxygen atoms in total. The average molecular weight is 325 g/mol. The first kappa shape index (κ1) is 16.2. The van der Waals surface area contributed by atoms with Gasteiger partial charge in [0.1, 0.15) is 0 Å². The molecule has 0 aliphatic rings. The third-order valence-electron chi connectivity index (χ3n) is 3.12. The van der Waals surface area contributed by atoms with E-state index in [1.54, 1.807) is 23.3 Å². The van der Waals surface area contributed by atoms with Crippen LogP contribution in [0.25, 0.3) is 0 Å². The van der Waals surface area contributed by atoms with Gasteiger partial charge in [0.05, 0.1) is 24.6 Å². The first-order valence-corrected chi connectivity index (χ1v) is 8.36. The molecule has 2 heterocycles. The molecule has 6 heteroatoms. The summed E-state index contributed by atoms with van der Waals surface area (Å²) in [7, 11) is 1.64. The number of nitrogens with zero attached hydrogens (tertiary/aromatic N) is 1. The Balaban J connectivity index is 2.12. The zero-order chi connectivity index (χ0) is 15.2. The van der Waals surface area contributed by atoms with Crippen LogP contribution in [0.5, 0.6) is 0 Å². The van der Waals surface area contributed by atoms with Gasteiger partial charge in [-0.15, -0.1) is 22.7 Å². The molecule has 21 heavy (non-hydrogen) atoms. The van der Waals surface area contributed by atoms with E-state index in [9.17, 15) is 9.90 Å². The van der Waals surface area contributed by atoms with Crippen LogP contribution in [-0.2, 0) is 17.9 Å². The number of thiophene rings is 2. The Kier molecular flexibility index (Phi) is 5.93.